The quantitative estimate of drug-likeness (QED) is 0.612. The third-order valence-corrected chi connectivity index (χ3v) is 6.84. The van der Waals surface area contributed by atoms with Gasteiger partial charge in [-0.15, -0.1) is 0 Å². The van der Waals surface area contributed by atoms with E-state index in [0.717, 1.165) is 49.4 Å². The molecule has 3 aromatic heterocycles. The molecule has 5 heterocycles. The number of aromatic nitrogens is 3. The van der Waals surface area contributed by atoms with Crippen molar-refractivity contribution in [1.82, 2.24) is 24.3 Å². The van der Waals surface area contributed by atoms with Crippen molar-refractivity contribution in [2.24, 2.45) is 5.41 Å². The summed E-state index contributed by atoms with van der Waals surface area (Å²) in [5, 5.41) is 0. The topological polar surface area (TPSA) is 67.4 Å². The summed E-state index contributed by atoms with van der Waals surface area (Å²) in [6, 6.07) is 6.32. The van der Waals surface area contributed by atoms with E-state index in [-0.39, 0.29) is 11.8 Å². The van der Waals surface area contributed by atoms with Gasteiger partial charge in [-0.1, -0.05) is 0 Å². The molecule has 0 bridgehead atoms. The average Bonchev–Trinajstić information content (AvgIpc) is 3.55. The number of pyridine rings is 1. The molecule has 1 amide bonds. The van der Waals surface area contributed by atoms with Crippen LogP contribution >= 0.6 is 0 Å². The minimum Gasteiger partial charge on any atom is -0.472 e. The SMILES string of the molecule is CC(C)n1cnc([C@@H]2CN(Cc3ccoc3)C[C@]23CCN(Cc2ccncc2)C3=O)c1. The van der Waals surface area contributed by atoms with Crippen LogP contribution in [0.15, 0.2) is 60.1 Å². The highest BCUT2D eigenvalue weighted by atomic mass is 16.3. The van der Waals surface area contributed by atoms with E-state index in [1.165, 1.54) is 0 Å². The Bertz CT molecular complexity index is 1030. The molecule has 31 heavy (non-hydrogen) atoms. The van der Waals surface area contributed by atoms with Crippen molar-refractivity contribution in [2.45, 2.75) is 45.3 Å². The fraction of sp³-hybridized carbons (Fsp3) is 0.458. The zero-order chi connectivity index (χ0) is 21.4. The monoisotopic (exact) mass is 419 g/mol. The minimum absolute atomic E-state index is 0.0920. The normalized spacial score (nSPS) is 24.2. The molecule has 3 aromatic rings. The lowest BCUT2D eigenvalue weighted by molar-refractivity contribution is -0.136. The third-order valence-electron chi connectivity index (χ3n) is 6.84. The summed E-state index contributed by atoms with van der Waals surface area (Å²) in [4.78, 5) is 27.1. The molecule has 2 aliphatic heterocycles. The molecule has 2 atom stereocenters. The van der Waals surface area contributed by atoms with E-state index < -0.39 is 5.41 Å². The summed E-state index contributed by atoms with van der Waals surface area (Å²) in [6.07, 6.45) is 12.0. The van der Waals surface area contributed by atoms with Crippen LogP contribution in [0.1, 0.15) is 49.0 Å². The van der Waals surface area contributed by atoms with Crippen molar-refractivity contribution in [3.63, 3.8) is 0 Å². The Morgan fingerprint density at radius 2 is 2.03 bits per heavy atom. The van der Waals surface area contributed by atoms with Crippen LogP contribution < -0.4 is 0 Å². The first kappa shape index (κ1) is 20.0. The number of amides is 1. The molecule has 0 aromatic carbocycles. The maximum atomic E-state index is 13.8. The fourth-order valence-electron chi connectivity index (χ4n) is 5.15. The van der Waals surface area contributed by atoms with E-state index >= 15 is 0 Å². The van der Waals surface area contributed by atoms with Crippen molar-refractivity contribution >= 4 is 5.91 Å². The van der Waals surface area contributed by atoms with E-state index in [4.69, 9.17) is 9.40 Å². The predicted octanol–water partition coefficient (Wildman–Crippen LogP) is 3.47. The lowest BCUT2D eigenvalue weighted by atomic mass is 9.75. The van der Waals surface area contributed by atoms with Crippen LogP contribution in [0.25, 0.3) is 0 Å². The van der Waals surface area contributed by atoms with Gasteiger partial charge >= 0.3 is 0 Å². The second-order valence-electron chi connectivity index (χ2n) is 9.18. The molecule has 7 nitrogen and oxygen atoms in total. The first-order valence-electron chi connectivity index (χ1n) is 11.0. The lowest BCUT2D eigenvalue weighted by Crippen LogP contribution is -2.39. The molecule has 0 radical (unpaired) electrons. The molecule has 2 saturated heterocycles. The van der Waals surface area contributed by atoms with Gasteiger partial charge in [-0.25, -0.2) is 4.98 Å². The van der Waals surface area contributed by atoms with Crippen LogP contribution in [0.3, 0.4) is 0 Å². The van der Waals surface area contributed by atoms with Gasteiger partial charge in [-0.3, -0.25) is 14.7 Å². The maximum absolute atomic E-state index is 13.8. The molecule has 162 valence electrons. The van der Waals surface area contributed by atoms with Crippen LogP contribution in [-0.4, -0.2) is 49.9 Å². The zero-order valence-corrected chi connectivity index (χ0v) is 18.1. The highest BCUT2D eigenvalue weighted by molar-refractivity contribution is 5.86. The van der Waals surface area contributed by atoms with Gasteiger partial charge in [0.25, 0.3) is 0 Å². The van der Waals surface area contributed by atoms with E-state index in [9.17, 15) is 4.79 Å². The molecule has 2 fully saturated rings. The van der Waals surface area contributed by atoms with E-state index in [1.807, 2.05) is 29.4 Å². The summed E-state index contributed by atoms with van der Waals surface area (Å²) in [7, 11) is 0. The Hall–Kier alpha value is -2.93. The Morgan fingerprint density at radius 3 is 2.74 bits per heavy atom. The molecule has 0 unspecified atom stereocenters. The van der Waals surface area contributed by atoms with E-state index in [2.05, 4.69) is 34.5 Å². The predicted molar refractivity (Wildman–Crippen MR) is 116 cm³/mol. The highest BCUT2D eigenvalue weighted by Crippen LogP contribution is 2.50. The van der Waals surface area contributed by atoms with Gasteiger partial charge in [0.05, 0.1) is 30.0 Å². The summed E-state index contributed by atoms with van der Waals surface area (Å²) in [5.41, 5.74) is 2.87. The number of nitrogens with zero attached hydrogens (tertiary/aromatic N) is 5. The number of imidazole rings is 1. The number of furan rings is 1. The van der Waals surface area contributed by atoms with Crippen molar-refractivity contribution in [1.29, 1.82) is 0 Å². The van der Waals surface area contributed by atoms with Gasteiger partial charge in [0.1, 0.15) is 0 Å². The van der Waals surface area contributed by atoms with Crippen molar-refractivity contribution in [3.05, 3.63) is 72.5 Å². The van der Waals surface area contributed by atoms with Gasteiger partial charge in [-0.2, -0.15) is 0 Å². The Kier molecular flexibility index (Phi) is 5.14. The van der Waals surface area contributed by atoms with Gasteiger partial charge in [-0.05, 0) is 44.0 Å². The molecule has 0 N–H and O–H groups in total. The molecule has 0 saturated carbocycles. The third kappa shape index (κ3) is 3.67. The van der Waals surface area contributed by atoms with Crippen molar-refractivity contribution in [3.8, 4) is 0 Å². The van der Waals surface area contributed by atoms with Crippen LogP contribution in [0, 0.1) is 5.41 Å². The van der Waals surface area contributed by atoms with Crippen LogP contribution in [0.4, 0.5) is 0 Å². The van der Waals surface area contributed by atoms with Gasteiger partial charge in [0.15, 0.2) is 0 Å². The summed E-state index contributed by atoms with van der Waals surface area (Å²) in [5.74, 6) is 0.345. The van der Waals surface area contributed by atoms with Gasteiger partial charge < -0.3 is 13.9 Å². The molecule has 0 aliphatic carbocycles. The molecule has 5 rings (SSSR count). The first-order chi connectivity index (χ1) is 15.0. The standard InChI is InChI=1S/C24H29N5O2/c1-18(2)29-14-22(26-17-29)21-13-27(11-20-5-10-31-15-20)16-24(21)6-9-28(23(24)30)12-19-3-7-25-8-4-19/h3-5,7-8,10,14-15,17-18,21H,6,9,11-13,16H2,1-2H3/t21-,24+/m0/s1. The molecule has 1 spiro atoms. The van der Waals surface area contributed by atoms with Gasteiger partial charge in [0.2, 0.25) is 5.91 Å². The number of rotatable bonds is 6. The molecule has 2 aliphatic rings. The van der Waals surface area contributed by atoms with Gasteiger partial charge in [0, 0.05) is 68.8 Å². The number of hydrogen-bond acceptors (Lipinski definition) is 5. The molecule has 7 heteroatoms. The molecular weight excluding hydrogens is 390 g/mol. The van der Waals surface area contributed by atoms with E-state index in [0.29, 0.717) is 12.6 Å². The summed E-state index contributed by atoms with van der Waals surface area (Å²) < 4.78 is 7.40. The van der Waals surface area contributed by atoms with Crippen LogP contribution in [-0.2, 0) is 17.9 Å². The van der Waals surface area contributed by atoms with Crippen LogP contribution in [0.5, 0.6) is 0 Å². The lowest BCUT2D eigenvalue weighted by Gasteiger charge is -2.28. The van der Waals surface area contributed by atoms with Crippen molar-refractivity contribution < 1.29 is 9.21 Å². The second kappa shape index (κ2) is 7.96. The Balaban J connectivity index is 1.43. The largest absolute Gasteiger partial charge is 0.472 e. The van der Waals surface area contributed by atoms with Crippen LogP contribution in [0.2, 0.25) is 0 Å². The zero-order valence-electron chi connectivity index (χ0n) is 18.1. The minimum atomic E-state index is -0.424. The average molecular weight is 420 g/mol. The number of hydrogen-bond donors (Lipinski definition) is 0. The maximum Gasteiger partial charge on any atom is 0.231 e. The molecular formula is C24H29N5O2. The number of likely N-dealkylation sites (tertiary alicyclic amines) is 2. The number of carbonyl (C=O) groups is 1. The van der Waals surface area contributed by atoms with Crippen molar-refractivity contribution in [2.75, 3.05) is 19.6 Å². The summed E-state index contributed by atoms with van der Waals surface area (Å²) in [6.45, 7) is 8.09. The second-order valence-corrected chi connectivity index (χ2v) is 9.18. The highest BCUT2D eigenvalue weighted by Gasteiger charge is 2.57. The summed E-state index contributed by atoms with van der Waals surface area (Å²) >= 11 is 0. The first-order valence-corrected chi connectivity index (χ1v) is 11.0. The van der Waals surface area contributed by atoms with E-state index in [1.54, 1.807) is 24.9 Å². The number of carbonyl (C=O) groups excluding carboxylic acids is 1. The Labute approximate surface area is 182 Å². The Morgan fingerprint density at radius 1 is 1.19 bits per heavy atom. The fourth-order valence-corrected chi connectivity index (χ4v) is 5.15. The smallest absolute Gasteiger partial charge is 0.231 e.